The lowest BCUT2D eigenvalue weighted by molar-refractivity contribution is 0.227. The molecule has 1 saturated heterocycles. The van der Waals surface area contributed by atoms with Gasteiger partial charge in [-0.15, -0.1) is 0 Å². The van der Waals surface area contributed by atoms with Gasteiger partial charge >= 0.3 is 0 Å². The zero-order chi connectivity index (χ0) is 8.27. The van der Waals surface area contributed by atoms with Crippen LogP contribution < -0.4 is 11.1 Å². The van der Waals surface area contributed by atoms with E-state index in [-0.39, 0.29) is 0 Å². The highest BCUT2D eigenvalue weighted by atomic mass is 15.2. The van der Waals surface area contributed by atoms with Gasteiger partial charge in [0.1, 0.15) is 0 Å². The Morgan fingerprint density at radius 1 is 1.73 bits per heavy atom. The summed E-state index contributed by atoms with van der Waals surface area (Å²) in [6, 6.07) is 0.924. The molecule has 3 heteroatoms. The first-order valence-electron chi connectivity index (χ1n) is 4.36. The predicted octanol–water partition coefficient (Wildman–Crippen LogP) is -0.373. The van der Waals surface area contributed by atoms with Crippen molar-refractivity contribution in [1.82, 2.24) is 10.2 Å². The van der Waals surface area contributed by atoms with Crippen LogP contribution in [0.15, 0.2) is 0 Å². The van der Waals surface area contributed by atoms with Gasteiger partial charge in [-0.2, -0.15) is 0 Å². The Balaban J connectivity index is 2.23. The fraction of sp³-hybridized carbons (Fsp3) is 1.00. The van der Waals surface area contributed by atoms with E-state index in [9.17, 15) is 0 Å². The third kappa shape index (κ3) is 3.18. The number of piperazine rings is 1. The lowest BCUT2D eigenvalue weighted by Crippen LogP contribution is -2.50. The van der Waals surface area contributed by atoms with Gasteiger partial charge in [0.2, 0.25) is 0 Å². The van der Waals surface area contributed by atoms with Crippen LogP contribution in [-0.2, 0) is 0 Å². The highest BCUT2D eigenvalue weighted by molar-refractivity contribution is 4.78. The zero-order valence-corrected chi connectivity index (χ0v) is 7.51. The van der Waals surface area contributed by atoms with E-state index < -0.39 is 0 Å². The Morgan fingerprint density at radius 3 is 3.00 bits per heavy atom. The van der Waals surface area contributed by atoms with E-state index in [1.54, 1.807) is 0 Å². The van der Waals surface area contributed by atoms with Crippen molar-refractivity contribution in [2.45, 2.75) is 25.4 Å². The summed E-state index contributed by atoms with van der Waals surface area (Å²) in [7, 11) is 2.16. The molecule has 0 radical (unpaired) electrons. The van der Waals surface area contributed by atoms with E-state index in [0.717, 1.165) is 26.1 Å². The molecule has 0 aromatic rings. The van der Waals surface area contributed by atoms with E-state index in [0.29, 0.717) is 12.1 Å². The van der Waals surface area contributed by atoms with Crippen LogP contribution in [0.3, 0.4) is 0 Å². The van der Waals surface area contributed by atoms with E-state index in [1.165, 1.54) is 0 Å². The molecule has 3 nitrogen and oxygen atoms in total. The number of nitrogens with one attached hydrogen (secondary N) is 1. The Kier molecular flexibility index (Phi) is 3.30. The minimum Gasteiger partial charge on any atom is -0.328 e. The van der Waals surface area contributed by atoms with Crippen LogP contribution in [0.4, 0.5) is 0 Å². The molecule has 1 fully saturated rings. The van der Waals surface area contributed by atoms with Crippen LogP contribution >= 0.6 is 0 Å². The van der Waals surface area contributed by atoms with Gasteiger partial charge in [-0.1, -0.05) is 0 Å². The maximum Gasteiger partial charge on any atom is 0.0210 e. The molecule has 2 atom stereocenters. The molecule has 0 bridgehead atoms. The molecule has 3 N–H and O–H groups in total. The summed E-state index contributed by atoms with van der Waals surface area (Å²) < 4.78 is 0. The maximum absolute atomic E-state index is 5.71. The third-order valence-corrected chi connectivity index (χ3v) is 2.11. The van der Waals surface area contributed by atoms with Gasteiger partial charge in [0, 0.05) is 31.7 Å². The summed E-state index contributed by atoms with van der Waals surface area (Å²) in [4.78, 5) is 2.35. The minimum atomic E-state index is 0.319. The van der Waals surface area contributed by atoms with Crippen molar-refractivity contribution in [3.8, 4) is 0 Å². The molecule has 0 aromatic carbocycles. The Bertz CT molecular complexity index is 112. The molecule has 0 amide bonds. The molecule has 0 saturated carbocycles. The van der Waals surface area contributed by atoms with Gasteiger partial charge in [-0.05, 0) is 20.4 Å². The fourth-order valence-electron chi connectivity index (χ4n) is 1.60. The quantitative estimate of drug-likeness (QED) is 0.574. The second-order valence-corrected chi connectivity index (χ2v) is 3.63. The highest BCUT2D eigenvalue weighted by Crippen LogP contribution is 2.01. The molecule has 2 unspecified atom stereocenters. The number of likely N-dealkylation sites (N-methyl/N-ethyl adjacent to an activating group) is 1. The third-order valence-electron chi connectivity index (χ3n) is 2.11. The van der Waals surface area contributed by atoms with Crippen molar-refractivity contribution in [2.75, 3.05) is 26.7 Å². The molecular weight excluding hydrogens is 138 g/mol. The lowest BCUT2D eigenvalue weighted by Gasteiger charge is -2.31. The fourth-order valence-corrected chi connectivity index (χ4v) is 1.60. The summed E-state index contributed by atoms with van der Waals surface area (Å²) >= 11 is 0. The second kappa shape index (κ2) is 4.04. The molecular formula is C8H19N3. The molecule has 0 spiro atoms. The van der Waals surface area contributed by atoms with Crippen LogP contribution in [0.2, 0.25) is 0 Å². The number of hydrogen-bond acceptors (Lipinski definition) is 3. The molecule has 1 aliphatic heterocycles. The van der Waals surface area contributed by atoms with E-state index in [1.807, 2.05) is 0 Å². The van der Waals surface area contributed by atoms with Gasteiger partial charge in [0.25, 0.3) is 0 Å². The van der Waals surface area contributed by atoms with Crippen molar-refractivity contribution in [3.05, 3.63) is 0 Å². The zero-order valence-electron chi connectivity index (χ0n) is 7.51. The Labute approximate surface area is 68.9 Å². The minimum absolute atomic E-state index is 0.319. The van der Waals surface area contributed by atoms with Gasteiger partial charge in [-0.25, -0.2) is 0 Å². The maximum atomic E-state index is 5.71. The second-order valence-electron chi connectivity index (χ2n) is 3.63. The molecule has 0 aliphatic carbocycles. The van der Waals surface area contributed by atoms with Gasteiger partial charge in [0.05, 0.1) is 0 Å². The molecule has 11 heavy (non-hydrogen) atoms. The van der Waals surface area contributed by atoms with E-state index in [4.69, 9.17) is 5.73 Å². The lowest BCUT2D eigenvalue weighted by atomic mass is 10.1. The van der Waals surface area contributed by atoms with Crippen LogP contribution in [0.1, 0.15) is 13.3 Å². The van der Waals surface area contributed by atoms with Gasteiger partial charge in [-0.3, -0.25) is 0 Å². The van der Waals surface area contributed by atoms with Crippen LogP contribution in [0.5, 0.6) is 0 Å². The molecule has 1 heterocycles. The topological polar surface area (TPSA) is 41.3 Å². The first kappa shape index (κ1) is 8.97. The monoisotopic (exact) mass is 157 g/mol. The number of nitrogens with zero attached hydrogens (tertiary/aromatic N) is 1. The normalized spacial score (nSPS) is 30.3. The number of rotatable bonds is 2. The van der Waals surface area contributed by atoms with Crippen LogP contribution in [0, 0.1) is 0 Å². The van der Waals surface area contributed by atoms with Crippen molar-refractivity contribution in [3.63, 3.8) is 0 Å². The molecule has 1 rings (SSSR count). The number of hydrogen-bond donors (Lipinski definition) is 2. The first-order valence-corrected chi connectivity index (χ1v) is 4.36. The molecule has 1 aliphatic rings. The SMILES string of the molecule is CC(N)CC1CN(C)CCN1. The highest BCUT2D eigenvalue weighted by Gasteiger charge is 2.16. The van der Waals surface area contributed by atoms with Crippen molar-refractivity contribution < 1.29 is 0 Å². The van der Waals surface area contributed by atoms with E-state index >= 15 is 0 Å². The first-order chi connectivity index (χ1) is 5.18. The van der Waals surface area contributed by atoms with Crippen molar-refractivity contribution in [2.24, 2.45) is 5.73 Å². The van der Waals surface area contributed by atoms with Gasteiger partial charge in [0.15, 0.2) is 0 Å². The smallest absolute Gasteiger partial charge is 0.0210 e. The summed E-state index contributed by atoms with van der Waals surface area (Å²) in [5.74, 6) is 0. The summed E-state index contributed by atoms with van der Waals surface area (Å²) in [5, 5.41) is 3.46. The Morgan fingerprint density at radius 2 is 2.45 bits per heavy atom. The van der Waals surface area contributed by atoms with E-state index in [2.05, 4.69) is 24.2 Å². The van der Waals surface area contributed by atoms with Crippen LogP contribution in [-0.4, -0.2) is 43.7 Å². The molecule has 0 aromatic heterocycles. The van der Waals surface area contributed by atoms with Gasteiger partial charge < -0.3 is 16.0 Å². The van der Waals surface area contributed by atoms with Crippen LogP contribution in [0.25, 0.3) is 0 Å². The standard InChI is InChI=1S/C8H19N3/c1-7(9)5-8-6-11(2)4-3-10-8/h7-8,10H,3-6,9H2,1-2H3. The summed E-state index contributed by atoms with van der Waals surface area (Å²) in [5.41, 5.74) is 5.71. The summed E-state index contributed by atoms with van der Waals surface area (Å²) in [6.45, 7) is 5.47. The largest absolute Gasteiger partial charge is 0.328 e. The van der Waals surface area contributed by atoms with Crippen molar-refractivity contribution >= 4 is 0 Å². The summed E-state index contributed by atoms with van der Waals surface area (Å²) in [6.07, 6.45) is 1.09. The average Bonchev–Trinajstić information content (AvgIpc) is 1.85. The predicted molar refractivity (Wildman–Crippen MR) is 47.6 cm³/mol. The van der Waals surface area contributed by atoms with Crippen molar-refractivity contribution in [1.29, 1.82) is 0 Å². The number of nitrogens with two attached hydrogens (primary N) is 1. The molecule has 66 valence electrons. The Hall–Kier alpha value is -0.120. The average molecular weight is 157 g/mol.